The molecule has 0 amide bonds. The molecule has 0 aliphatic heterocycles. The molecule has 1 unspecified atom stereocenters. The first-order chi connectivity index (χ1) is 7.36. The Bertz CT molecular complexity index is 262. The van der Waals surface area contributed by atoms with Gasteiger partial charge in [-0.3, -0.25) is 0 Å². The summed E-state index contributed by atoms with van der Waals surface area (Å²) >= 11 is 1.85. The van der Waals surface area contributed by atoms with Crippen LogP contribution >= 0.6 is 11.3 Å². The second-order valence-electron chi connectivity index (χ2n) is 4.65. The van der Waals surface area contributed by atoms with Gasteiger partial charge in [0.25, 0.3) is 0 Å². The SMILES string of the molecule is CC(NCc1cccs1)C1CCCCC1. The van der Waals surface area contributed by atoms with Gasteiger partial charge in [-0.1, -0.05) is 25.3 Å². The van der Waals surface area contributed by atoms with E-state index < -0.39 is 0 Å². The summed E-state index contributed by atoms with van der Waals surface area (Å²) in [6.07, 6.45) is 7.19. The quantitative estimate of drug-likeness (QED) is 0.818. The lowest BCUT2D eigenvalue weighted by Crippen LogP contribution is -2.33. The second-order valence-corrected chi connectivity index (χ2v) is 5.68. The van der Waals surface area contributed by atoms with Crippen LogP contribution in [0.4, 0.5) is 0 Å². The summed E-state index contributed by atoms with van der Waals surface area (Å²) in [7, 11) is 0. The van der Waals surface area contributed by atoms with Crippen LogP contribution in [0.15, 0.2) is 17.5 Å². The first-order valence-corrected chi connectivity index (χ1v) is 7.00. The molecule has 0 aromatic carbocycles. The maximum absolute atomic E-state index is 3.67. The molecular formula is C13H21NS. The molecule has 84 valence electrons. The predicted molar refractivity (Wildman–Crippen MR) is 67.2 cm³/mol. The molecule has 1 aliphatic rings. The number of rotatable bonds is 4. The molecule has 0 spiro atoms. The van der Waals surface area contributed by atoms with Gasteiger partial charge in [0.1, 0.15) is 0 Å². The molecule has 1 N–H and O–H groups in total. The Labute approximate surface area is 96.9 Å². The van der Waals surface area contributed by atoms with E-state index in [1.807, 2.05) is 11.3 Å². The van der Waals surface area contributed by atoms with Gasteiger partial charge in [0.05, 0.1) is 0 Å². The van der Waals surface area contributed by atoms with Crippen LogP contribution in [0.1, 0.15) is 43.9 Å². The van der Waals surface area contributed by atoms with Crippen molar-refractivity contribution in [2.45, 2.75) is 51.6 Å². The molecule has 1 nitrogen and oxygen atoms in total. The fourth-order valence-electron chi connectivity index (χ4n) is 2.48. The lowest BCUT2D eigenvalue weighted by atomic mass is 9.84. The molecule has 0 radical (unpaired) electrons. The summed E-state index contributed by atoms with van der Waals surface area (Å²) in [5.74, 6) is 0.915. The molecule has 0 bridgehead atoms. The molecule has 1 aromatic rings. The van der Waals surface area contributed by atoms with Gasteiger partial charge in [0.2, 0.25) is 0 Å². The van der Waals surface area contributed by atoms with Gasteiger partial charge >= 0.3 is 0 Å². The maximum Gasteiger partial charge on any atom is 0.0302 e. The van der Waals surface area contributed by atoms with Crippen molar-refractivity contribution in [3.05, 3.63) is 22.4 Å². The van der Waals surface area contributed by atoms with Crippen molar-refractivity contribution in [1.82, 2.24) is 5.32 Å². The molecule has 1 aliphatic carbocycles. The molecule has 2 heteroatoms. The zero-order chi connectivity index (χ0) is 10.5. The topological polar surface area (TPSA) is 12.0 Å². The van der Waals surface area contributed by atoms with Crippen LogP contribution in [0.2, 0.25) is 0 Å². The molecule has 1 aromatic heterocycles. The third kappa shape index (κ3) is 3.32. The number of hydrogen-bond acceptors (Lipinski definition) is 2. The number of thiophene rings is 1. The highest BCUT2D eigenvalue weighted by molar-refractivity contribution is 7.09. The van der Waals surface area contributed by atoms with Gasteiger partial charge in [-0.2, -0.15) is 0 Å². The van der Waals surface area contributed by atoms with Gasteiger partial charge in [-0.05, 0) is 37.1 Å². The Hall–Kier alpha value is -0.340. The Morgan fingerprint density at radius 3 is 2.87 bits per heavy atom. The summed E-state index contributed by atoms with van der Waals surface area (Å²) in [5, 5.41) is 5.82. The van der Waals surface area contributed by atoms with Crippen molar-refractivity contribution in [1.29, 1.82) is 0 Å². The zero-order valence-electron chi connectivity index (χ0n) is 9.54. The average Bonchev–Trinajstić information content (AvgIpc) is 2.80. The standard InChI is InChI=1S/C13H21NS/c1-11(12-6-3-2-4-7-12)14-10-13-8-5-9-15-13/h5,8-9,11-12,14H,2-4,6-7,10H2,1H3. The first-order valence-electron chi connectivity index (χ1n) is 6.12. The monoisotopic (exact) mass is 223 g/mol. The molecule has 2 rings (SSSR count). The molecular weight excluding hydrogens is 202 g/mol. The molecule has 1 atom stereocenters. The Kier molecular flexibility index (Phi) is 4.21. The molecule has 0 saturated heterocycles. The van der Waals surface area contributed by atoms with Gasteiger partial charge in [-0.15, -0.1) is 11.3 Å². The zero-order valence-corrected chi connectivity index (χ0v) is 10.4. The van der Waals surface area contributed by atoms with Crippen LogP contribution in [0.5, 0.6) is 0 Å². The number of hydrogen-bond donors (Lipinski definition) is 1. The predicted octanol–water partition coefficient (Wildman–Crippen LogP) is 3.81. The Morgan fingerprint density at radius 1 is 1.40 bits per heavy atom. The van der Waals surface area contributed by atoms with E-state index in [9.17, 15) is 0 Å². The van der Waals surface area contributed by atoms with Crippen LogP contribution in [-0.4, -0.2) is 6.04 Å². The summed E-state index contributed by atoms with van der Waals surface area (Å²) < 4.78 is 0. The normalized spacial score (nSPS) is 20.3. The van der Waals surface area contributed by atoms with Crippen LogP contribution in [-0.2, 0) is 6.54 Å². The van der Waals surface area contributed by atoms with Gasteiger partial charge in [-0.25, -0.2) is 0 Å². The molecule has 15 heavy (non-hydrogen) atoms. The van der Waals surface area contributed by atoms with E-state index in [0.717, 1.165) is 12.5 Å². The van der Waals surface area contributed by atoms with Gasteiger partial charge < -0.3 is 5.32 Å². The summed E-state index contributed by atoms with van der Waals surface area (Å²) in [6.45, 7) is 3.40. The van der Waals surface area contributed by atoms with E-state index in [4.69, 9.17) is 0 Å². The molecule has 1 heterocycles. The van der Waals surface area contributed by atoms with E-state index in [1.165, 1.54) is 37.0 Å². The van der Waals surface area contributed by atoms with Crippen LogP contribution in [0.25, 0.3) is 0 Å². The van der Waals surface area contributed by atoms with Crippen molar-refractivity contribution in [3.8, 4) is 0 Å². The highest BCUT2D eigenvalue weighted by Gasteiger charge is 2.19. The van der Waals surface area contributed by atoms with E-state index >= 15 is 0 Å². The molecule has 1 fully saturated rings. The fraction of sp³-hybridized carbons (Fsp3) is 0.692. The lowest BCUT2D eigenvalue weighted by Gasteiger charge is -2.28. The van der Waals surface area contributed by atoms with E-state index in [1.54, 1.807) is 0 Å². The summed E-state index contributed by atoms with van der Waals surface area (Å²) in [4.78, 5) is 1.46. The lowest BCUT2D eigenvalue weighted by molar-refractivity contribution is 0.281. The third-order valence-corrected chi connectivity index (χ3v) is 4.41. The minimum Gasteiger partial charge on any atom is -0.309 e. The third-order valence-electron chi connectivity index (χ3n) is 3.54. The van der Waals surface area contributed by atoms with Crippen LogP contribution in [0.3, 0.4) is 0 Å². The average molecular weight is 223 g/mol. The number of nitrogens with one attached hydrogen (secondary N) is 1. The van der Waals surface area contributed by atoms with Gasteiger partial charge in [0.15, 0.2) is 0 Å². The van der Waals surface area contributed by atoms with Crippen molar-refractivity contribution in [2.24, 2.45) is 5.92 Å². The maximum atomic E-state index is 3.67. The highest BCUT2D eigenvalue weighted by atomic mass is 32.1. The van der Waals surface area contributed by atoms with E-state index in [-0.39, 0.29) is 0 Å². The second kappa shape index (κ2) is 5.66. The Balaban J connectivity index is 1.74. The minimum atomic E-state index is 0.687. The van der Waals surface area contributed by atoms with E-state index in [2.05, 4.69) is 29.8 Å². The van der Waals surface area contributed by atoms with Crippen molar-refractivity contribution < 1.29 is 0 Å². The minimum absolute atomic E-state index is 0.687. The van der Waals surface area contributed by atoms with Crippen molar-refractivity contribution in [2.75, 3.05) is 0 Å². The summed E-state index contributed by atoms with van der Waals surface area (Å²) in [5.41, 5.74) is 0. The smallest absolute Gasteiger partial charge is 0.0302 e. The van der Waals surface area contributed by atoms with E-state index in [0.29, 0.717) is 6.04 Å². The van der Waals surface area contributed by atoms with Crippen molar-refractivity contribution >= 4 is 11.3 Å². The fourth-order valence-corrected chi connectivity index (χ4v) is 3.13. The van der Waals surface area contributed by atoms with Crippen LogP contribution in [0, 0.1) is 5.92 Å². The van der Waals surface area contributed by atoms with Crippen molar-refractivity contribution in [3.63, 3.8) is 0 Å². The largest absolute Gasteiger partial charge is 0.309 e. The summed E-state index contributed by atoms with van der Waals surface area (Å²) in [6, 6.07) is 5.03. The first kappa shape index (κ1) is 11.2. The molecule has 1 saturated carbocycles. The Morgan fingerprint density at radius 2 is 2.20 bits per heavy atom. The highest BCUT2D eigenvalue weighted by Crippen LogP contribution is 2.26. The van der Waals surface area contributed by atoms with Crippen LogP contribution < -0.4 is 5.32 Å². The van der Waals surface area contributed by atoms with Gasteiger partial charge in [0, 0.05) is 17.5 Å².